The monoisotopic (exact) mass is 381 g/mol. The van der Waals surface area contributed by atoms with E-state index in [1.54, 1.807) is 0 Å². The summed E-state index contributed by atoms with van der Waals surface area (Å²) < 4.78 is 0.825. The number of rotatable bonds is 3. The molecule has 3 fully saturated rings. The Morgan fingerprint density at radius 3 is 2.52 bits per heavy atom. The van der Waals surface area contributed by atoms with Crippen LogP contribution in [0.25, 0.3) is 0 Å². The lowest BCUT2D eigenvalue weighted by Crippen LogP contribution is -2.47. The fourth-order valence-electron chi connectivity index (χ4n) is 3.49. The number of carbonyl (C=O) groups excluding carboxylic acids is 2. The minimum atomic E-state index is -0.0238. The molecule has 3 heterocycles. The second-order valence-electron chi connectivity index (χ2n) is 6.52. The molecule has 0 unspecified atom stereocenters. The van der Waals surface area contributed by atoms with Gasteiger partial charge in [-0.2, -0.15) is 5.10 Å². The number of likely N-dealkylation sites (tertiary alicyclic amines) is 1. The lowest BCUT2D eigenvalue weighted by atomic mass is 10.0. The van der Waals surface area contributed by atoms with Crippen molar-refractivity contribution in [3.63, 3.8) is 0 Å². The van der Waals surface area contributed by atoms with E-state index in [0.29, 0.717) is 24.7 Å². The van der Waals surface area contributed by atoms with Crippen LogP contribution in [0.1, 0.15) is 47.8 Å². The molecule has 0 bridgehead atoms. The van der Waals surface area contributed by atoms with Gasteiger partial charge in [0.1, 0.15) is 0 Å². The maximum absolute atomic E-state index is 12.7. The fraction of sp³-hybridized carbons (Fsp3) is 0.667. The van der Waals surface area contributed by atoms with Gasteiger partial charge in [-0.25, -0.2) is 4.79 Å². The summed E-state index contributed by atoms with van der Waals surface area (Å²) in [4.78, 5) is 28.2. The number of urea groups is 1. The van der Waals surface area contributed by atoms with Gasteiger partial charge in [0, 0.05) is 38.1 Å². The molecule has 1 aliphatic carbocycles. The summed E-state index contributed by atoms with van der Waals surface area (Å²) in [6, 6.07) is 0.269. The van der Waals surface area contributed by atoms with Gasteiger partial charge in [-0.3, -0.25) is 9.89 Å². The predicted octanol–water partition coefficient (Wildman–Crippen LogP) is 1.68. The average Bonchev–Trinajstić information content (AvgIpc) is 3.20. The van der Waals surface area contributed by atoms with E-state index in [1.807, 2.05) is 9.80 Å². The van der Waals surface area contributed by atoms with Crippen LogP contribution in [0.2, 0.25) is 0 Å². The molecule has 23 heavy (non-hydrogen) atoms. The quantitative estimate of drug-likeness (QED) is 0.835. The molecule has 4 rings (SSSR count). The molecule has 0 spiro atoms. The predicted molar refractivity (Wildman–Crippen MR) is 87.3 cm³/mol. The molecule has 0 aromatic carbocycles. The summed E-state index contributed by atoms with van der Waals surface area (Å²) in [5.41, 5.74) is 1.54. The van der Waals surface area contributed by atoms with Gasteiger partial charge in [0.05, 0.1) is 10.2 Å². The molecule has 2 aliphatic heterocycles. The van der Waals surface area contributed by atoms with Crippen LogP contribution in [0.4, 0.5) is 4.79 Å². The number of hydrogen-bond donors (Lipinski definition) is 2. The minimum absolute atomic E-state index is 0.0238. The van der Waals surface area contributed by atoms with Crippen molar-refractivity contribution in [3.8, 4) is 0 Å². The first-order valence-corrected chi connectivity index (χ1v) is 9.02. The van der Waals surface area contributed by atoms with Gasteiger partial charge in [0.25, 0.3) is 5.91 Å². The van der Waals surface area contributed by atoms with E-state index in [9.17, 15) is 9.59 Å². The summed E-state index contributed by atoms with van der Waals surface area (Å²) in [5, 5.41) is 10.1. The Hall–Kier alpha value is -1.57. The molecular formula is C15H20BrN5O2. The van der Waals surface area contributed by atoms with E-state index >= 15 is 0 Å². The molecule has 0 atom stereocenters. The molecule has 7 nitrogen and oxygen atoms in total. The molecule has 2 N–H and O–H groups in total. The number of hydrogen-bond acceptors (Lipinski definition) is 3. The van der Waals surface area contributed by atoms with Crippen molar-refractivity contribution < 1.29 is 9.59 Å². The van der Waals surface area contributed by atoms with Crippen LogP contribution in [0.5, 0.6) is 0 Å². The van der Waals surface area contributed by atoms with Crippen molar-refractivity contribution in [1.82, 2.24) is 25.3 Å². The number of aromatic nitrogens is 2. The van der Waals surface area contributed by atoms with Crippen LogP contribution >= 0.6 is 15.9 Å². The van der Waals surface area contributed by atoms with Gasteiger partial charge >= 0.3 is 6.03 Å². The van der Waals surface area contributed by atoms with E-state index in [4.69, 9.17) is 0 Å². The number of piperidine rings is 1. The van der Waals surface area contributed by atoms with Crippen LogP contribution in [0.15, 0.2) is 4.47 Å². The van der Waals surface area contributed by atoms with Crippen molar-refractivity contribution in [3.05, 3.63) is 15.9 Å². The number of H-pyrrole nitrogens is 1. The third-order valence-electron chi connectivity index (χ3n) is 5.00. The van der Waals surface area contributed by atoms with Crippen molar-refractivity contribution in [1.29, 1.82) is 0 Å². The van der Waals surface area contributed by atoms with Gasteiger partial charge < -0.3 is 15.1 Å². The second kappa shape index (κ2) is 5.81. The maximum atomic E-state index is 12.7. The summed E-state index contributed by atoms with van der Waals surface area (Å²) in [6.07, 6.45) is 3.99. The molecule has 0 radical (unpaired) electrons. The highest BCUT2D eigenvalue weighted by Gasteiger charge is 2.35. The molecular weight excluding hydrogens is 362 g/mol. The van der Waals surface area contributed by atoms with Gasteiger partial charge in [-0.15, -0.1) is 0 Å². The summed E-state index contributed by atoms with van der Waals surface area (Å²) in [5.74, 6) is 0.502. The van der Waals surface area contributed by atoms with Crippen LogP contribution < -0.4 is 5.32 Å². The van der Waals surface area contributed by atoms with Crippen molar-refractivity contribution in [2.24, 2.45) is 0 Å². The first-order valence-electron chi connectivity index (χ1n) is 8.22. The fourth-order valence-corrected chi connectivity index (χ4v) is 4.16. The Bertz CT molecular complexity index is 634. The lowest BCUT2D eigenvalue weighted by molar-refractivity contribution is 0.0659. The second-order valence-corrected chi connectivity index (χ2v) is 7.32. The molecule has 3 aliphatic rings. The van der Waals surface area contributed by atoms with Crippen LogP contribution in [0.3, 0.4) is 0 Å². The van der Waals surface area contributed by atoms with Gasteiger partial charge in [0.15, 0.2) is 5.69 Å². The van der Waals surface area contributed by atoms with Crippen molar-refractivity contribution in [2.45, 2.75) is 37.6 Å². The molecule has 3 amide bonds. The van der Waals surface area contributed by atoms with E-state index < -0.39 is 0 Å². The van der Waals surface area contributed by atoms with E-state index in [0.717, 1.165) is 48.9 Å². The number of aromatic amines is 1. The summed E-state index contributed by atoms with van der Waals surface area (Å²) in [6.45, 7) is 2.84. The van der Waals surface area contributed by atoms with Crippen LogP contribution in [-0.2, 0) is 0 Å². The van der Waals surface area contributed by atoms with Crippen molar-refractivity contribution in [2.75, 3.05) is 26.2 Å². The van der Waals surface area contributed by atoms with E-state index in [1.165, 1.54) is 0 Å². The maximum Gasteiger partial charge on any atom is 0.317 e. The van der Waals surface area contributed by atoms with E-state index in [-0.39, 0.29) is 18.0 Å². The summed E-state index contributed by atoms with van der Waals surface area (Å²) in [7, 11) is 0. The number of carbonyl (C=O) groups is 2. The molecule has 1 aromatic heterocycles. The minimum Gasteiger partial charge on any atom is -0.337 e. The number of amides is 3. The third-order valence-corrected chi connectivity index (χ3v) is 5.81. The summed E-state index contributed by atoms with van der Waals surface area (Å²) >= 11 is 3.53. The van der Waals surface area contributed by atoms with Crippen molar-refractivity contribution >= 4 is 27.9 Å². The van der Waals surface area contributed by atoms with Gasteiger partial charge in [-0.05, 0) is 41.6 Å². The number of nitrogens with zero attached hydrogens (tertiary/aromatic N) is 3. The zero-order valence-electron chi connectivity index (χ0n) is 12.8. The molecule has 1 saturated carbocycles. The number of halogens is 1. The Kier molecular flexibility index (Phi) is 3.79. The first-order chi connectivity index (χ1) is 11.1. The Labute approximate surface area is 142 Å². The Balaban J connectivity index is 1.40. The normalized spacial score (nSPS) is 22.6. The lowest BCUT2D eigenvalue weighted by Gasteiger charge is -2.35. The van der Waals surface area contributed by atoms with Crippen LogP contribution in [-0.4, -0.2) is 64.2 Å². The topological polar surface area (TPSA) is 81.3 Å². The number of nitrogens with one attached hydrogen (secondary N) is 2. The average molecular weight is 382 g/mol. The largest absolute Gasteiger partial charge is 0.337 e. The third kappa shape index (κ3) is 2.73. The molecule has 1 aromatic rings. The highest BCUT2D eigenvalue weighted by atomic mass is 79.9. The Morgan fingerprint density at radius 1 is 1.17 bits per heavy atom. The Morgan fingerprint density at radius 2 is 1.91 bits per heavy atom. The highest BCUT2D eigenvalue weighted by molar-refractivity contribution is 9.10. The zero-order chi connectivity index (χ0) is 16.0. The zero-order valence-corrected chi connectivity index (χ0v) is 14.4. The highest BCUT2D eigenvalue weighted by Crippen LogP contribution is 2.43. The first kappa shape index (κ1) is 15.0. The van der Waals surface area contributed by atoms with E-state index in [2.05, 4.69) is 31.4 Å². The smallest absolute Gasteiger partial charge is 0.317 e. The van der Waals surface area contributed by atoms with Gasteiger partial charge in [-0.1, -0.05) is 0 Å². The van der Waals surface area contributed by atoms with Gasteiger partial charge in [0.2, 0.25) is 0 Å². The van der Waals surface area contributed by atoms with Crippen LogP contribution in [0, 0.1) is 0 Å². The molecule has 124 valence electrons. The molecule has 2 saturated heterocycles. The standard InChI is InChI=1S/C15H20BrN5O2/c16-11-12(9-1-2-9)18-19-13(11)14(22)20-6-3-10(4-7-20)21-8-5-17-15(21)23/h9-10H,1-8H2,(H,17,23)(H,18,19). The SMILES string of the molecule is O=C(c1n[nH]c(C2CC2)c1Br)N1CCC(N2CCNC2=O)CC1. The molecule has 8 heteroatoms.